The zero-order valence-electron chi connectivity index (χ0n) is 23.6. The number of aromatic nitrogens is 2. The van der Waals surface area contributed by atoms with E-state index < -0.39 is 0 Å². The van der Waals surface area contributed by atoms with Gasteiger partial charge in [-0.1, -0.05) is 103 Å². The standard InChI is InChI=1S/C40H25FN2O/c41-35-17-9-7-15-32(35)30-21-29(28-19-20-39-34(24-28)33-16-8-10-18-38(33)44-39)22-31(23-30)37-25-36(26-11-3-1-4-12-26)42-40(43-37)27-13-5-2-6-14-27/h1-25H. The van der Waals surface area contributed by atoms with E-state index in [4.69, 9.17) is 14.4 Å². The first-order valence-corrected chi connectivity index (χ1v) is 14.5. The molecule has 0 spiro atoms. The van der Waals surface area contributed by atoms with E-state index in [1.54, 1.807) is 6.07 Å². The van der Waals surface area contributed by atoms with Crippen molar-refractivity contribution in [3.8, 4) is 56.2 Å². The van der Waals surface area contributed by atoms with Gasteiger partial charge in [0.15, 0.2) is 5.82 Å². The highest BCUT2D eigenvalue weighted by molar-refractivity contribution is 6.06. The van der Waals surface area contributed by atoms with Crippen LogP contribution in [0.5, 0.6) is 0 Å². The maximum absolute atomic E-state index is 15.2. The number of hydrogen-bond acceptors (Lipinski definition) is 3. The Morgan fingerprint density at radius 2 is 1.02 bits per heavy atom. The lowest BCUT2D eigenvalue weighted by Crippen LogP contribution is -1.96. The molecule has 208 valence electrons. The van der Waals surface area contributed by atoms with Gasteiger partial charge in [0.2, 0.25) is 0 Å². The second kappa shape index (κ2) is 10.8. The van der Waals surface area contributed by atoms with Crippen LogP contribution in [-0.2, 0) is 0 Å². The summed E-state index contributed by atoms with van der Waals surface area (Å²) in [6, 6.07) is 49.4. The van der Waals surface area contributed by atoms with Crippen LogP contribution in [0.25, 0.3) is 78.1 Å². The van der Waals surface area contributed by atoms with E-state index in [0.29, 0.717) is 11.4 Å². The molecule has 0 N–H and O–H groups in total. The number of fused-ring (bicyclic) bond motifs is 3. The van der Waals surface area contributed by atoms with Crippen LogP contribution in [-0.4, -0.2) is 9.97 Å². The van der Waals surface area contributed by atoms with Crippen molar-refractivity contribution in [3.05, 3.63) is 157 Å². The molecule has 0 atom stereocenters. The van der Waals surface area contributed by atoms with Gasteiger partial charge in [-0.25, -0.2) is 14.4 Å². The molecule has 6 aromatic carbocycles. The number of furan rings is 1. The highest BCUT2D eigenvalue weighted by atomic mass is 19.1. The summed E-state index contributed by atoms with van der Waals surface area (Å²) < 4.78 is 21.3. The molecule has 3 nitrogen and oxygen atoms in total. The van der Waals surface area contributed by atoms with Crippen molar-refractivity contribution in [2.24, 2.45) is 0 Å². The summed E-state index contributed by atoms with van der Waals surface area (Å²) in [4.78, 5) is 10.0. The number of benzene rings is 6. The minimum absolute atomic E-state index is 0.274. The Kier molecular flexibility index (Phi) is 6.31. The SMILES string of the molecule is Fc1ccccc1-c1cc(-c2ccc3oc4ccccc4c3c2)cc(-c2cc(-c3ccccc3)nc(-c3ccccc3)n2)c1. The van der Waals surface area contributed by atoms with Gasteiger partial charge < -0.3 is 4.42 Å². The number of nitrogens with zero attached hydrogens (tertiary/aromatic N) is 2. The normalized spacial score (nSPS) is 11.3. The molecule has 8 rings (SSSR count). The lowest BCUT2D eigenvalue weighted by Gasteiger charge is -2.13. The summed E-state index contributed by atoms with van der Waals surface area (Å²) in [7, 11) is 0. The molecule has 0 bridgehead atoms. The number of para-hydroxylation sites is 1. The summed E-state index contributed by atoms with van der Waals surface area (Å²) in [6.07, 6.45) is 0. The molecule has 0 aliphatic rings. The van der Waals surface area contributed by atoms with Crippen molar-refractivity contribution < 1.29 is 8.81 Å². The van der Waals surface area contributed by atoms with Crippen molar-refractivity contribution in [3.63, 3.8) is 0 Å². The van der Waals surface area contributed by atoms with Gasteiger partial charge in [-0.15, -0.1) is 0 Å². The van der Waals surface area contributed by atoms with E-state index in [2.05, 4.69) is 24.3 Å². The highest BCUT2D eigenvalue weighted by Crippen LogP contribution is 2.37. The largest absolute Gasteiger partial charge is 0.456 e. The monoisotopic (exact) mass is 568 g/mol. The average molecular weight is 569 g/mol. The lowest BCUT2D eigenvalue weighted by atomic mass is 9.93. The van der Waals surface area contributed by atoms with Gasteiger partial charge in [-0.2, -0.15) is 0 Å². The first-order valence-electron chi connectivity index (χ1n) is 14.5. The zero-order valence-corrected chi connectivity index (χ0v) is 23.6. The Morgan fingerprint density at radius 3 is 1.82 bits per heavy atom. The molecule has 0 saturated carbocycles. The van der Waals surface area contributed by atoms with E-state index in [-0.39, 0.29) is 5.82 Å². The van der Waals surface area contributed by atoms with Crippen LogP contribution in [0.15, 0.2) is 156 Å². The minimum Gasteiger partial charge on any atom is -0.456 e. The second-order valence-corrected chi connectivity index (χ2v) is 10.8. The fourth-order valence-corrected chi connectivity index (χ4v) is 5.77. The van der Waals surface area contributed by atoms with Gasteiger partial charge in [0.25, 0.3) is 0 Å². The predicted octanol–water partition coefficient (Wildman–Crippen LogP) is 10.9. The second-order valence-electron chi connectivity index (χ2n) is 10.8. The first-order chi connectivity index (χ1) is 21.7. The summed E-state index contributed by atoms with van der Waals surface area (Å²) in [5.41, 5.74) is 9.31. The maximum Gasteiger partial charge on any atom is 0.160 e. The maximum atomic E-state index is 15.2. The zero-order chi connectivity index (χ0) is 29.5. The Labute approximate surface area is 253 Å². The van der Waals surface area contributed by atoms with Gasteiger partial charge in [0, 0.05) is 33.0 Å². The van der Waals surface area contributed by atoms with Crippen LogP contribution in [0.4, 0.5) is 4.39 Å². The summed E-state index contributed by atoms with van der Waals surface area (Å²) in [6.45, 7) is 0. The number of halogens is 1. The van der Waals surface area contributed by atoms with Crippen LogP contribution < -0.4 is 0 Å². The third kappa shape index (κ3) is 4.73. The Bertz CT molecular complexity index is 2230. The number of hydrogen-bond donors (Lipinski definition) is 0. The first kappa shape index (κ1) is 25.8. The summed E-state index contributed by atoms with van der Waals surface area (Å²) in [5, 5.41) is 2.10. The molecule has 0 radical (unpaired) electrons. The van der Waals surface area contributed by atoms with Crippen LogP contribution in [0.2, 0.25) is 0 Å². The van der Waals surface area contributed by atoms with Crippen LogP contribution >= 0.6 is 0 Å². The van der Waals surface area contributed by atoms with Gasteiger partial charge >= 0.3 is 0 Å². The van der Waals surface area contributed by atoms with Gasteiger partial charge in [-0.05, 0) is 65.2 Å². The van der Waals surface area contributed by atoms with E-state index in [1.807, 2.05) is 115 Å². The van der Waals surface area contributed by atoms with Crippen LogP contribution in [0.3, 0.4) is 0 Å². The topological polar surface area (TPSA) is 38.9 Å². The molecule has 4 heteroatoms. The van der Waals surface area contributed by atoms with Crippen molar-refractivity contribution >= 4 is 21.9 Å². The number of rotatable bonds is 5. The summed E-state index contributed by atoms with van der Waals surface area (Å²) >= 11 is 0. The van der Waals surface area contributed by atoms with Crippen LogP contribution in [0, 0.1) is 5.82 Å². The molecule has 2 aromatic heterocycles. The van der Waals surface area contributed by atoms with E-state index >= 15 is 4.39 Å². The van der Waals surface area contributed by atoms with E-state index in [9.17, 15) is 0 Å². The molecule has 2 heterocycles. The molecule has 0 fully saturated rings. The molecule has 0 amide bonds. The van der Waals surface area contributed by atoms with E-state index in [1.165, 1.54) is 6.07 Å². The molecule has 44 heavy (non-hydrogen) atoms. The van der Waals surface area contributed by atoms with Gasteiger partial charge in [0.05, 0.1) is 11.4 Å². The fraction of sp³-hybridized carbons (Fsp3) is 0. The predicted molar refractivity (Wildman–Crippen MR) is 176 cm³/mol. The molecule has 0 saturated heterocycles. The minimum atomic E-state index is -0.274. The summed E-state index contributed by atoms with van der Waals surface area (Å²) in [5.74, 6) is 0.357. The Balaban J connectivity index is 1.37. The van der Waals surface area contributed by atoms with Crippen molar-refractivity contribution in [2.45, 2.75) is 0 Å². The molecular weight excluding hydrogens is 543 g/mol. The average Bonchev–Trinajstić information content (AvgIpc) is 3.47. The smallest absolute Gasteiger partial charge is 0.160 e. The fourth-order valence-electron chi connectivity index (χ4n) is 5.77. The highest BCUT2D eigenvalue weighted by Gasteiger charge is 2.15. The van der Waals surface area contributed by atoms with Crippen molar-refractivity contribution in [1.82, 2.24) is 9.97 Å². The van der Waals surface area contributed by atoms with Crippen LogP contribution in [0.1, 0.15) is 0 Å². The molecule has 0 aliphatic carbocycles. The van der Waals surface area contributed by atoms with Gasteiger partial charge in [0.1, 0.15) is 17.0 Å². The van der Waals surface area contributed by atoms with Gasteiger partial charge in [-0.3, -0.25) is 0 Å². The Hall–Kier alpha value is -5.87. The molecule has 0 aliphatic heterocycles. The van der Waals surface area contributed by atoms with E-state index in [0.717, 1.165) is 66.7 Å². The quantitative estimate of drug-likeness (QED) is 0.207. The molecular formula is C40H25FN2O. The Morgan fingerprint density at radius 1 is 0.409 bits per heavy atom. The lowest BCUT2D eigenvalue weighted by molar-refractivity contribution is 0.631. The van der Waals surface area contributed by atoms with Crippen molar-refractivity contribution in [2.75, 3.05) is 0 Å². The third-order valence-electron chi connectivity index (χ3n) is 7.95. The molecule has 8 aromatic rings. The third-order valence-corrected chi connectivity index (χ3v) is 7.95. The van der Waals surface area contributed by atoms with Crippen molar-refractivity contribution in [1.29, 1.82) is 0 Å². The molecule has 0 unspecified atom stereocenters.